The van der Waals surface area contributed by atoms with Gasteiger partial charge in [0.15, 0.2) is 12.4 Å². The number of hydrogen-bond acceptors (Lipinski definition) is 7. The highest BCUT2D eigenvalue weighted by atomic mass is 16.5. The summed E-state index contributed by atoms with van der Waals surface area (Å²) in [6.45, 7) is 1.28. The van der Waals surface area contributed by atoms with Crippen LogP contribution in [0.25, 0.3) is 11.6 Å². The van der Waals surface area contributed by atoms with E-state index in [1.165, 1.54) is 12.7 Å². The van der Waals surface area contributed by atoms with Gasteiger partial charge in [-0.1, -0.05) is 24.4 Å². The molecule has 0 bridgehead atoms. The maximum Gasteiger partial charge on any atom is 0.306 e. The Morgan fingerprint density at radius 3 is 2.65 bits per heavy atom. The predicted octanol–water partition coefficient (Wildman–Crippen LogP) is 2.60. The average molecular weight is 361 g/mol. The Labute approximate surface area is 151 Å². The Bertz CT molecular complexity index is 702. The monoisotopic (exact) mass is 361 g/mol. The number of aromatic nitrogens is 2. The van der Waals surface area contributed by atoms with Crippen LogP contribution >= 0.6 is 0 Å². The summed E-state index contributed by atoms with van der Waals surface area (Å²) < 4.78 is 15.4. The molecule has 1 aliphatic heterocycles. The Morgan fingerprint density at radius 2 is 1.92 bits per heavy atom. The fourth-order valence-corrected chi connectivity index (χ4v) is 2.87. The first-order valence-electron chi connectivity index (χ1n) is 9.02. The van der Waals surface area contributed by atoms with Crippen molar-refractivity contribution in [2.45, 2.75) is 44.9 Å². The van der Waals surface area contributed by atoms with Gasteiger partial charge in [0.05, 0.1) is 12.7 Å². The summed E-state index contributed by atoms with van der Waals surface area (Å²) in [5.41, 5.74) is 0. The number of esters is 1. The molecule has 26 heavy (non-hydrogen) atoms. The number of hydrogen-bond donors (Lipinski definition) is 0. The van der Waals surface area contributed by atoms with Crippen LogP contribution in [0.3, 0.4) is 0 Å². The van der Waals surface area contributed by atoms with E-state index in [2.05, 4.69) is 10.1 Å². The molecule has 0 atom stereocenters. The molecular formula is C18H23N3O5. The number of carbonyl (C=O) groups excluding carboxylic acids is 2. The van der Waals surface area contributed by atoms with Gasteiger partial charge in [0.25, 0.3) is 5.91 Å². The average Bonchev–Trinajstić information content (AvgIpc) is 3.28. The molecular weight excluding hydrogens is 338 g/mol. The van der Waals surface area contributed by atoms with Gasteiger partial charge in [-0.3, -0.25) is 9.59 Å². The zero-order valence-corrected chi connectivity index (χ0v) is 14.7. The SMILES string of the molecule is O=C(CCc1nc(-c2ccco2)no1)OCC(=O)N1CCCCCCC1. The summed E-state index contributed by atoms with van der Waals surface area (Å²) >= 11 is 0. The zero-order valence-electron chi connectivity index (χ0n) is 14.7. The van der Waals surface area contributed by atoms with Crippen molar-refractivity contribution in [2.24, 2.45) is 0 Å². The van der Waals surface area contributed by atoms with E-state index >= 15 is 0 Å². The third-order valence-electron chi connectivity index (χ3n) is 4.32. The number of amides is 1. The summed E-state index contributed by atoms with van der Waals surface area (Å²) in [4.78, 5) is 30.0. The summed E-state index contributed by atoms with van der Waals surface area (Å²) in [6.07, 6.45) is 7.39. The lowest BCUT2D eigenvalue weighted by molar-refractivity contribution is -0.152. The topological polar surface area (TPSA) is 98.7 Å². The van der Waals surface area contributed by atoms with Crippen molar-refractivity contribution in [3.63, 3.8) is 0 Å². The standard InChI is InChI=1S/C18H23N3O5/c22-16(21-10-4-2-1-3-5-11-21)13-25-17(23)9-8-15-19-18(20-26-15)14-7-6-12-24-14/h6-7,12H,1-5,8-11,13H2. The maximum absolute atomic E-state index is 12.2. The molecule has 0 saturated carbocycles. The zero-order chi connectivity index (χ0) is 18.2. The molecule has 2 aromatic heterocycles. The van der Waals surface area contributed by atoms with Crippen molar-refractivity contribution < 1.29 is 23.3 Å². The lowest BCUT2D eigenvalue weighted by atomic mass is 10.1. The molecule has 0 N–H and O–H groups in total. The fraction of sp³-hybridized carbons (Fsp3) is 0.556. The summed E-state index contributed by atoms with van der Waals surface area (Å²) in [5, 5.41) is 3.80. The predicted molar refractivity (Wildman–Crippen MR) is 90.9 cm³/mol. The molecule has 0 aliphatic carbocycles. The van der Waals surface area contributed by atoms with E-state index in [0.717, 1.165) is 38.8 Å². The van der Waals surface area contributed by atoms with Crippen LogP contribution in [-0.4, -0.2) is 46.6 Å². The smallest absolute Gasteiger partial charge is 0.306 e. The van der Waals surface area contributed by atoms with Crippen LogP contribution in [0.1, 0.15) is 44.4 Å². The van der Waals surface area contributed by atoms with Gasteiger partial charge in [-0.15, -0.1) is 0 Å². The van der Waals surface area contributed by atoms with Crippen LogP contribution in [0.4, 0.5) is 0 Å². The summed E-state index contributed by atoms with van der Waals surface area (Å²) in [5.74, 6) is 0.580. The molecule has 1 amide bonds. The largest absolute Gasteiger partial charge is 0.461 e. The molecule has 3 heterocycles. The second kappa shape index (κ2) is 9.17. The van der Waals surface area contributed by atoms with Crippen LogP contribution in [0, 0.1) is 0 Å². The number of likely N-dealkylation sites (tertiary alicyclic amines) is 1. The molecule has 3 rings (SSSR count). The molecule has 1 fully saturated rings. The summed E-state index contributed by atoms with van der Waals surface area (Å²) in [7, 11) is 0. The van der Waals surface area contributed by atoms with Gasteiger partial charge in [-0.25, -0.2) is 0 Å². The van der Waals surface area contributed by atoms with Crippen LogP contribution in [0.15, 0.2) is 27.3 Å². The van der Waals surface area contributed by atoms with Crippen molar-refractivity contribution in [1.82, 2.24) is 15.0 Å². The van der Waals surface area contributed by atoms with Gasteiger partial charge in [-0.05, 0) is 25.0 Å². The van der Waals surface area contributed by atoms with Gasteiger partial charge in [0, 0.05) is 19.5 Å². The molecule has 0 spiro atoms. The number of nitrogens with zero attached hydrogens (tertiary/aromatic N) is 3. The van der Waals surface area contributed by atoms with Gasteiger partial charge in [0.1, 0.15) is 0 Å². The second-order valence-electron chi connectivity index (χ2n) is 6.30. The molecule has 0 aromatic carbocycles. The number of carbonyl (C=O) groups is 2. The first-order valence-corrected chi connectivity index (χ1v) is 9.02. The van der Waals surface area contributed by atoms with E-state index in [9.17, 15) is 9.59 Å². The van der Waals surface area contributed by atoms with Gasteiger partial charge < -0.3 is 18.6 Å². The van der Waals surface area contributed by atoms with Crippen LogP contribution in [0.5, 0.6) is 0 Å². The van der Waals surface area contributed by atoms with Crippen molar-refractivity contribution in [1.29, 1.82) is 0 Å². The third kappa shape index (κ3) is 5.18. The normalized spacial score (nSPS) is 15.3. The molecule has 0 unspecified atom stereocenters. The van der Waals surface area contributed by atoms with Crippen molar-refractivity contribution in [3.8, 4) is 11.6 Å². The first-order chi connectivity index (χ1) is 12.7. The maximum atomic E-state index is 12.2. The van der Waals surface area contributed by atoms with E-state index in [-0.39, 0.29) is 25.4 Å². The molecule has 1 saturated heterocycles. The lowest BCUT2D eigenvalue weighted by Gasteiger charge is -2.24. The fourth-order valence-electron chi connectivity index (χ4n) is 2.87. The van der Waals surface area contributed by atoms with E-state index < -0.39 is 5.97 Å². The minimum atomic E-state index is -0.455. The van der Waals surface area contributed by atoms with Gasteiger partial charge in [-0.2, -0.15) is 4.98 Å². The van der Waals surface area contributed by atoms with E-state index in [4.69, 9.17) is 13.7 Å². The highest BCUT2D eigenvalue weighted by molar-refractivity contribution is 5.80. The Balaban J connectivity index is 1.39. The number of furan rings is 1. The van der Waals surface area contributed by atoms with Gasteiger partial charge >= 0.3 is 5.97 Å². The Hall–Kier alpha value is -2.64. The number of ether oxygens (including phenoxy) is 1. The molecule has 1 aliphatic rings. The lowest BCUT2D eigenvalue weighted by Crippen LogP contribution is -2.36. The highest BCUT2D eigenvalue weighted by Crippen LogP contribution is 2.16. The quantitative estimate of drug-likeness (QED) is 0.729. The van der Waals surface area contributed by atoms with Gasteiger partial charge in [0.2, 0.25) is 11.7 Å². The number of aryl methyl sites for hydroxylation is 1. The number of rotatable bonds is 6. The Kier molecular flexibility index (Phi) is 6.40. The first kappa shape index (κ1) is 18.2. The minimum Gasteiger partial charge on any atom is -0.461 e. The molecule has 2 aromatic rings. The second-order valence-corrected chi connectivity index (χ2v) is 6.30. The van der Waals surface area contributed by atoms with Crippen molar-refractivity contribution in [3.05, 3.63) is 24.3 Å². The molecule has 8 nitrogen and oxygen atoms in total. The van der Waals surface area contributed by atoms with Crippen LogP contribution in [-0.2, 0) is 20.7 Å². The molecule has 8 heteroatoms. The molecule has 0 radical (unpaired) electrons. The van der Waals surface area contributed by atoms with E-state index in [1.54, 1.807) is 17.0 Å². The highest BCUT2D eigenvalue weighted by Gasteiger charge is 2.17. The minimum absolute atomic E-state index is 0.0765. The Morgan fingerprint density at radius 1 is 1.15 bits per heavy atom. The van der Waals surface area contributed by atoms with E-state index in [0.29, 0.717) is 17.5 Å². The summed E-state index contributed by atoms with van der Waals surface area (Å²) in [6, 6.07) is 3.45. The van der Waals surface area contributed by atoms with Crippen LogP contribution < -0.4 is 0 Å². The van der Waals surface area contributed by atoms with Crippen LogP contribution in [0.2, 0.25) is 0 Å². The third-order valence-corrected chi connectivity index (χ3v) is 4.32. The van der Waals surface area contributed by atoms with Crippen molar-refractivity contribution in [2.75, 3.05) is 19.7 Å². The molecule has 140 valence electrons. The van der Waals surface area contributed by atoms with E-state index in [1.807, 2.05) is 0 Å². The van der Waals surface area contributed by atoms with Crippen molar-refractivity contribution >= 4 is 11.9 Å².